The van der Waals surface area contributed by atoms with Gasteiger partial charge in [0.05, 0.1) is 12.8 Å². The number of rotatable bonds is 3. The normalized spacial score (nSPS) is 11.7. The zero-order valence-corrected chi connectivity index (χ0v) is 13.6. The van der Waals surface area contributed by atoms with Crippen molar-refractivity contribution in [2.24, 2.45) is 0 Å². The maximum Gasteiger partial charge on any atom is 0.422 e. The molecule has 2 rings (SSSR count). The molecular formula is C13H6BrF7N2O2. The molecule has 1 heterocycles. The lowest BCUT2D eigenvalue weighted by Crippen LogP contribution is -2.18. The summed E-state index contributed by atoms with van der Waals surface area (Å²) in [4.78, 5) is 11.6. The predicted octanol–water partition coefficient (Wildman–Crippen LogP) is 4.39. The van der Waals surface area contributed by atoms with Crippen LogP contribution in [0, 0.1) is 23.3 Å². The minimum absolute atomic E-state index is 0.0529. The van der Waals surface area contributed by atoms with Crippen molar-refractivity contribution in [3.05, 3.63) is 45.2 Å². The van der Waals surface area contributed by atoms with Gasteiger partial charge in [0.1, 0.15) is 21.4 Å². The Morgan fingerprint density at radius 2 is 1.68 bits per heavy atom. The van der Waals surface area contributed by atoms with Crippen LogP contribution in [0.4, 0.5) is 30.7 Å². The molecule has 4 nitrogen and oxygen atoms in total. The number of esters is 1. The molecule has 12 heteroatoms. The lowest BCUT2D eigenvalue weighted by molar-refractivity contribution is -0.143. The molecular weight excluding hydrogens is 429 g/mol. The third-order valence-corrected chi connectivity index (χ3v) is 3.70. The predicted molar refractivity (Wildman–Crippen MR) is 72.1 cm³/mol. The first-order valence-corrected chi connectivity index (χ1v) is 7.15. The molecule has 25 heavy (non-hydrogen) atoms. The Balaban J connectivity index is 2.73. The summed E-state index contributed by atoms with van der Waals surface area (Å²) in [5, 5.41) is 3.36. The Labute approximate surface area is 143 Å². The van der Waals surface area contributed by atoms with E-state index in [1.54, 1.807) is 0 Å². The number of benzene rings is 1. The first-order chi connectivity index (χ1) is 11.5. The Morgan fingerprint density at radius 1 is 1.16 bits per heavy atom. The third kappa shape index (κ3) is 3.22. The molecule has 2 aromatic rings. The molecule has 0 aliphatic heterocycles. The number of nitrogens with zero attached hydrogens (tertiary/aromatic N) is 2. The molecule has 0 aliphatic carbocycles. The summed E-state index contributed by atoms with van der Waals surface area (Å²) in [6, 6.07) is 0. The van der Waals surface area contributed by atoms with Crippen molar-refractivity contribution in [1.29, 1.82) is 0 Å². The number of halogens is 8. The molecule has 0 amide bonds. The highest BCUT2D eigenvalue weighted by Crippen LogP contribution is 2.38. The summed E-state index contributed by atoms with van der Waals surface area (Å²) in [6.07, 6.45) is -4.90. The van der Waals surface area contributed by atoms with Crippen LogP contribution in [0.5, 0.6) is 0 Å². The van der Waals surface area contributed by atoms with Crippen LogP contribution in [0.15, 0.2) is 10.8 Å². The molecule has 0 fully saturated rings. The summed E-state index contributed by atoms with van der Waals surface area (Å²) in [6.45, 7) is 1.42. The fourth-order valence-corrected chi connectivity index (χ4v) is 2.42. The Hall–Kier alpha value is -2.11. The quantitative estimate of drug-likeness (QED) is 0.409. The van der Waals surface area contributed by atoms with Crippen molar-refractivity contribution >= 4 is 21.9 Å². The summed E-state index contributed by atoms with van der Waals surface area (Å²) in [7, 11) is 0. The van der Waals surface area contributed by atoms with Crippen LogP contribution >= 0.6 is 15.9 Å². The summed E-state index contributed by atoms with van der Waals surface area (Å²) in [5.41, 5.74) is -4.63. The monoisotopic (exact) mass is 434 g/mol. The SMILES string of the molecule is CCOC(=O)c1cnn(-c2c(F)c(F)c(C(F)(F)F)c(F)c2F)c1Br. The van der Waals surface area contributed by atoms with Crippen LogP contribution in [-0.4, -0.2) is 22.4 Å². The lowest BCUT2D eigenvalue weighted by atomic mass is 10.1. The lowest BCUT2D eigenvalue weighted by Gasteiger charge is -2.14. The smallest absolute Gasteiger partial charge is 0.422 e. The van der Waals surface area contributed by atoms with Crippen LogP contribution in [-0.2, 0) is 10.9 Å². The van der Waals surface area contributed by atoms with E-state index in [0.29, 0.717) is 0 Å². The van der Waals surface area contributed by atoms with Gasteiger partial charge in [-0.05, 0) is 22.9 Å². The molecule has 0 saturated heterocycles. The van der Waals surface area contributed by atoms with Crippen LogP contribution in [0.1, 0.15) is 22.8 Å². The molecule has 0 atom stereocenters. The maximum absolute atomic E-state index is 14.0. The average molecular weight is 435 g/mol. The van der Waals surface area contributed by atoms with E-state index in [1.165, 1.54) is 6.92 Å². The zero-order chi connectivity index (χ0) is 19.1. The number of aromatic nitrogens is 2. The van der Waals surface area contributed by atoms with E-state index in [2.05, 4.69) is 25.8 Å². The maximum atomic E-state index is 14.0. The van der Waals surface area contributed by atoms with E-state index in [-0.39, 0.29) is 16.9 Å². The van der Waals surface area contributed by atoms with Gasteiger partial charge in [0, 0.05) is 0 Å². The Bertz CT molecular complexity index is 819. The van der Waals surface area contributed by atoms with Gasteiger partial charge < -0.3 is 4.74 Å². The molecule has 0 saturated carbocycles. The zero-order valence-electron chi connectivity index (χ0n) is 12.0. The van der Waals surface area contributed by atoms with Gasteiger partial charge in [-0.25, -0.2) is 27.0 Å². The molecule has 0 unspecified atom stereocenters. The molecule has 0 bridgehead atoms. The summed E-state index contributed by atoms with van der Waals surface area (Å²) in [5.74, 6) is -10.9. The van der Waals surface area contributed by atoms with Crippen molar-refractivity contribution in [2.75, 3.05) is 6.61 Å². The molecule has 1 aromatic heterocycles. The topological polar surface area (TPSA) is 44.1 Å². The van der Waals surface area contributed by atoms with E-state index in [0.717, 1.165) is 6.20 Å². The number of hydrogen-bond acceptors (Lipinski definition) is 3. The van der Waals surface area contributed by atoms with E-state index in [1.807, 2.05) is 0 Å². The second kappa shape index (κ2) is 6.65. The van der Waals surface area contributed by atoms with Crippen LogP contribution in [0.3, 0.4) is 0 Å². The summed E-state index contributed by atoms with van der Waals surface area (Å²) < 4.78 is 97.3. The molecule has 136 valence electrons. The fraction of sp³-hybridized carbons (Fsp3) is 0.231. The van der Waals surface area contributed by atoms with Crippen molar-refractivity contribution in [3.63, 3.8) is 0 Å². The molecule has 1 aromatic carbocycles. The minimum atomic E-state index is -5.66. The number of carbonyl (C=O) groups excluding carboxylic acids is 1. The van der Waals surface area contributed by atoms with Crippen molar-refractivity contribution in [2.45, 2.75) is 13.1 Å². The largest absolute Gasteiger partial charge is 0.462 e. The average Bonchev–Trinajstić information content (AvgIpc) is 2.86. The van der Waals surface area contributed by atoms with Gasteiger partial charge in [-0.3, -0.25) is 0 Å². The van der Waals surface area contributed by atoms with Crippen molar-refractivity contribution in [1.82, 2.24) is 9.78 Å². The van der Waals surface area contributed by atoms with Crippen LogP contribution in [0.2, 0.25) is 0 Å². The van der Waals surface area contributed by atoms with Crippen LogP contribution < -0.4 is 0 Å². The molecule has 0 aliphatic rings. The highest BCUT2D eigenvalue weighted by Gasteiger charge is 2.43. The fourth-order valence-electron chi connectivity index (χ4n) is 1.89. The van der Waals surface area contributed by atoms with E-state index in [9.17, 15) is 35.5 Å². The van der Waals surface area contributed by atoms with Gasteiger partial charge in [0.15, 0.2) is 23.3 Å². The first kappa shape index (κ1) is 19.2. The van der Waals surface area contributed by atoms with Gasteiger partial charge in [-0.1, -0.05) is 0 Å². The molecule has 0 N–H and O–H groups in total. The van der Waals surface area contributed by atoms with Gasteiger partial charge >= 0.3 is 12.1 Å². The van der Waals surface area contributed by atoms with E-state index < -0.39 is 51.3 Å². The van der Waals surface area contributed by atoms with Crippen LogP contribution in [0.25, 0.3) is 5.69 Å². The van der Waals surface area contributed by atoms with Gasteiger partial charge in [0.2, 0.25) is 0 Å². The highest BCUT2D eigenvalue weighted by molar-refractivity contribution is 9.10. The summed E-state index contributed by atoms with van der Waals surface area (Å²) >= 11 is 2.73. The standard InChI is InChI=1S/C13H6BrF7N2O2/c1-2-25-12(24)4-3-22-23(11(4)14)10-8(17)6(15)5(13(19,20)21)7(16)9(10)18/h3H,2H2,1H3. The number of hydrogen-bond donors (Lipinski definition) is 0. The number of alkyl halides is 3. The van der Waals surface area contributed by atoms with E-state index >= 15 is 0 Å². The van der Waals surface area contributed by atoms with E-state index in [4.69, 9.17) is 0 Å². The van der Waals surface area contributed by atoms with Gasteiger partial charge in [0.25, 0.3) is 0 Å². The first-order valence-electron chi connectivity index (χ1n) is 6.36. The van der Waals surface area contributed by atoms with Gasteiger partial charge in [-0.15, -0.1) is 0 Å². The molecule has 0 spiro atoms. The van der Waals surface area contributed by atoms with Gasteiger partial charge in [-0.2, -0.15) is 18.3 Å². The third-order valence-electron chi connectivity index (χ3n) is 2.94. The minimum Gasteiger partial charge on any atom is -0.462 e. The molecule has 0 radical (unpaired) electrons. The Morgan fingerprint density at radius 3 is 2.12 bits per heavy atom. The second-order valence-electron chi connectivity index (χ2n) is 4.46. The Kier molecular flexibility index (Phi) is 5.11. The highest BCUT2D eigenvalue weighted by atomic mass is 79.9. The second-order valence-corrected chi connectivity index (χ2v) is 5.21. The number of ether oxygens (including phenoxy) is 1. The van der Waals surface area contributed by atoms with Crippen molar-refractivity contribution in [3.8, 4) is 5.69 Å². The number of carbonyl (C=O) groups is 1. The van der Waals surface area contributed by atoms with Crippen molar-refractivity contribution < 1.29 is 40.3 Å².